The first kappa shape index (κ1) is 12.3. The zero-order valence-electron chi connectivity index (χ0n) is 10.5. The average molecular weight is 274 g/mol. The van der Waals surface area contributed by atoms with Crippen LogP contribution in [0.1, 0.15) is 24.5 Å². The van der Waals surface area contributed by atoms with E-state index in [1.807, 2.05) is 24.3 Å². The second kappa shape index (κ2) is 5.07. The van der Waals surface area contributed by atoms with Crippen LogP contribution in [-0.4, -0.2) is 23.4 Å². The summed E-state index contributed by atoms with van der Waals surface area (Å²) < 4.78 is 10.1. The van der Waals surface area contributed by atoms with Crippen molar-refractivity contribution in [2.75, 3.05) is 0 Å². The lowest BCUT2D eigenvalue weighted by Gasteiger charge is -2.09. The Balaban J connectivity index is 1.96. The van der Waals surface area contributed by atoms with Crippen molar-refractivity contribution in [2.24, 2.45) is 0 Å². The number of fused-ring (bicyclic) bond motifs is 1. The number of aryl methyl sites for hydroxylation is 1. The minimum Gasteiger partial charge on any atom is -0.386 e. The lowest BCUT2D eigenvalue weighted by molar-refractivity contribution is 0.171. The molecule has 5 nitrogen and oxygen atoms in total. The van der Waals surface area contributed by atoms with E-state index in [9.17, 15) is 5.11 Å². The summed E-state index contributed by atoms with van der Waals surface area (Å²) in [4.78, 5) is 4.59. The van der Waals surface area contributed by atoms with Crippen molar-refractivity contribution < 1.29 is 5.11 Å². The van der Waals surface area contributed by atoms with Gasteiger partial charge in [-0.3, -0.25) is 0 Å². The Labute approximate surface area is 114 Å². The van der Waals surface area contributed by atoms with E-state index in [0.29, 0.717) is 12.1 Å². The normalized spacial score (nSPS) is 12.9. The zero-order valence-corrected chi connectivity index (χ0v) is 11.3. The SMILES string of the molecule is CCn1c(CC(O)c2cnsn2)nc2ccccc21. The molecule has 1 aromatic carbocycles. The van der Waals surface area contributed by atoms with Gasteiger partial charge in [-0.25, -0.2) is 4.98 Å². The maximum absolute atomic E-state index is 10.2. The number of rotatable bonds is 4. The van der Waals surface area contributed by atoms with Crippen LogP contribution in [0.3, 0.4) is 0 Å². The van der Waals surface area contributed by atoms with Crippen molar-refractivity contribution in [3.8, 4) is 0 Å². The molecule has 2 aromatic heterocycles. The van der Waals surface area contributed by atoms with Crippen molar-refractivity contribution in [1.82, 2.24) is 18.3 Å². The summed E-state index contributed by atoms with van der Waals surface area (Å²) in [5.41, 5.74) is 2.67. The van der Waals surface area contributed by atoms with E-state index >= 15 is 0 Å². The minimum absolute atomic E-state index is 0.452. The monoisotopic (exact) mass is 274 g/mol. The molecule has 2 heterocycles. The van der Waals surface area contributed by atoms with Crippen molar-refractivity contribution >= 4 is 22.8 Å². The van der Waals surface area contributed by atoms with Crippen LogP contribution in [0.2, 0.25) is 0 Å². The molecule has 1 atom stereocenters. The highest BCUT2D eigenvalue weighted by Gasteiger charge is 2.16. The molecule has 0 aliphatic carbocycles. The molecule has 0 amide bonds. The summed E-state index contributed by atoms with van der Waals surface area (Å²) >= 11 is 1.11. The Kier molecular flexibility index (Phi) is 3.27. The maximum Gasteiger partial charge on any atom is 0.112 e. The van der Waals surface area contributed by atoms with Crippen molar-refractivity contribution in [2.45, 2.75) is 26.0 Å². The third kappa shape index (κ3) is 2.24. The Morgan fingerprint density at radius 1 is 1.37 bits per heavy atom. The molecule has 1 unspecified atom stereocenters. The lowest BCUT2D eigenvalue weighted by atomic mass is 10.2. The first-order valence-corrected chi connectivity index (χ1v) is 6.92. The fourth-order valence-corrected chi connectivity index (χ4v) is 2.70. The molecular formula is C13H14N4OS. The third-order valence-corrected chi connectivity index (χ3v) is 3.64. The number of imidazole rings is 1. The van der Waals surface area contributed by atoms with Crippen LogP contribution in [0.4, 0.5) is 0 Å². The molecule has 3 aromatic rings. The first-order chi connectivity index (χ1) is 9.29. The van der Waals surface area contributed by atoms with Gasteiger partial charge in [-0.1, -0.05) is 12.1 Å². The average Bonchev–Trinajstić information content (AvgIpc) is 3.05. The second-order valence-electron chi connectivity index (χ2n) is 4.31. The molecule has 3 rings (SSSR count). The van der Waals surface area contributed by atoms with Gasteiger partial charge in [0.1, 0.15) is 17.6 Å². The molecule has 0 saturated carbocycles. The molecule has 0 saturated heterocycles. The maximum atomic E-state index is 10.2. The lowest BCUT2D eigenvalue weighted by Crippen LogP contribution is -2.08. The van der Waals surface area contributed by atoms with Crippen LogP contribution in [0.25, 0.3) is 11.0 Å². The molecule has 0 spiro atoms. The van der Waals surface area contributed by atoms with Gasteiger partial charge in [0.15, 0.2) is 0 Å². The number of benzene rings is 1. The smallest absolute Gasteiger partial charge is 0.112 e. The predicted octanol–water partition coefficient (Wildman–Crippen LogP) is 2.18. The van der Waals surface area contributed by atoms with Gasteiger partial charge >= 0.3 is 0 Å². The highest BCUT2D eigenvalue weighted by molar-refractivity contribution is 6.99. The summed E-state index contributed by atoms with van der Waals surface area (Å²) in [6, 6.07) is 8.01. The number of aliphatic hydroxyl groups excluding tert-OH is 1. The molecule has 98 valence electrons. The Hall–Kier alpha value is -1.79. The van der Waals surface area contributed by atoms with Crippen LogP contribution < -0.4 is 0 Å². The number of aromatic nitrogens is 4. The van der Waals surface area contributed by atoms with E-state index < -0.39 is 6.10 Å². The Bertz CT molecular complexity index is 677. The Morgan fingerprint density at radius 3 is 2.95 bits per heavy atom. The fourth-order valence-electron chi connectivity index (χ4n) is 2.23. The highest BCUT2D eigenvalue weighted by atomic mass is 32.1. The molecule has 0 fully saturated rings. The van der Waals surface area contributed by atoms with E-state index in [0.717, 1.165) is 35.1 Å². The van der Waals surface area contributed by atoms with E-state index in [1.54, 1.807) is 6.20 Å². The molecule has 0 bridgehead atoms. The number of para-hydroxylation sites is 2. The standard InChI is InChI=1S/C13H14N4OS/c1-2-17-11-6-4-3-5-9(11)15-13(17)7-12(18)10-8-14-19-16-10/h3-6,8,12,18H,2,7H2,1H3. The predicted molar refractivity (Wildman–Crippen MR) is 74.0 cm³/mol. The van der Waals surface area contributed by atoms with Gasteiger partial charge in [0.25, 0.3) is 0 Å². The molecular weight excluding hydrogens is 260 g/mol. The summed E-state index contributed by atoms with van der Waals surface area (Å²) in [6.45, 7) is 2.91. The second-order valence-corrected chi connectivity index (χ2v) is 4.87. The van der Waals surface area contributed by atoms with E-state index in [4.69, 9.17) is 0 Å². The van der Waals surface area contributed by atoms with Gasteiger partial charge in [-0.15, -0.1) is 0 Å². The van der Waals surface area contributed by atoms with Crippen LogP contribution in [-0.2, 0) is 13.0 Å². The first-order valence-electron chi connectivity index (χ1n) is 6.19. The van der Waals surface area contributed by atoms with E-state index in [1.165, 1.54) is 0 Å². The van der Waals surface area contributed by atoms with Crippen LogP contribution in [0.15, 0.2) is 30.5 Å². The van der Waals surface area contributed by atoms with Gasteiger partial charge < -0.3 is 9.67 Å². The summed E-state index contributed by atoms with van der Waals surface area (Å²) in [7, 11) is 0. The molecule has 0 aliphatic rings. The van der Waals surface area contributed by atoms with Gasteiger partial charge in [0.2, 0.25) is 0 Å². The van der Waals surface area contributed by atoms with Gasteiger partial charge in [0.05, 0.1) is 29.0 Å². The summed E-state index contributed by atoms with van der Waals surface area (Å²) in [6.07, 6.45) is 1.41. The van der Waals surface area contributed by atoms with Gasteiger partial charge in [0, 0.05) is 13.0 Å². The van der Waals surface area contributed by atoms with Crippen molar-refractivity contribution in [1.29, 1.82) is 0 Å². The molecule has 6 heteroatoms. The number of aliphatic hydroxyl groups is 1. The quantitative estimate of drug-likeness (QED) is 0.792. The van der Waals surface area contributed by atoms with Crippen molar-refractivity contribution in [3.63, 3.8) is 0 Å². The Morgan fingerprint density at radius 2 is 2.21 bits per heavy atom. The largest absolute Gasteiger partial charge is 0.386 e. The van der Waals surface area contributed by atoms with E-state index in [2.05, 4.69) is 25.2 Å². The van der Waals surface area contributed by atoms with Gasteiger partial charge in [-0.2, -0.15) is 8.75 Å². The van der Waals surface area contributed by atoms with E-state index in [-0.39, 0.29) is 0 Å². The molecule has 1 N–H and O–H groups in total. The molecule has 0 radical (unpaired) electrons. The number of hydrogen-bond donors (Lipinski definition) is 1. The third-order valence-electron chi connectivity index (χ3n) is 3.15. The number of hydrogen-bond acceptors (Lipinski definition) is 5. The topological polar surface area (TPSA) is 63.8 Å². The highest BCUT2D eigenvalue weighted by Crippen LogP contribution is 2.21. The number of nitrogens with zero attached hydrogens (tertiary/aromatic N) is 4. The molecule has 19 heavy (non-hydrogen) atoms. The van der Waals surface area contributed by atoms with Crippen LogP contribution >= 0.6 is 11.7 Å². The fraction of sp³-hybridized carbons (Fsp3) is 0.308. The summed E-state index contributed by atoms with van der Waals surface area (Å²) in [5, 5.41) is 10.2. The zero-order chi connectivity index (χ0) is 13.2. The van der Waals surface area contributed by atoms with Gasteiger partial charge in [-0.05, 0) is 19.1 Å². The molecule has 0 aliphatic heterocycles. The van der Waals surface area contributed by atoms with Crippen LogP contribution in [0, 0.1) is 0 Å². The summed E-state index contributed by atoms with van der Waals surface area (Å²) in [5.74, 6) is 0.879. The van der Waals surface area contributed by atoms with Crippen molar-refractivity contribution in [3.05, 3.63) is 42.0 Å². The minimum atomic E-state index is -0.652. The van der Waals surface area contributed by atoms with Crippen LogP contribution in [0.5, 0.6) is 0 Å².